The highest BCUT2D eigenvalue weighted by Gasteiger charge is 2.09. The van der Waals surface area contributed by atoms with Crippen molar-refractivity contribution in [3.63, 3.8) is 0 Å². The van der Waals surface area contributed by atoms with E-state index in [9.17, 15) is 0 Å². The molecule has 0 fully saturated rings. The van der Waals surface area contributed by atoms with Crippen molar-refractivity contribution in [1.29, 1.82) is 0 Å². The molecule has 0 atom stereocenters. The third kappa shape index (κ3) is 1.25. The number of hydrogen-bond acceptors (Lipinski definition) is 1. The molecule has 16 heavy (non-hydrogen) atoms. The number of aryl methyl sites for hydroxylation is 3. The van der Waals surface area contributed by atoms with E-state index < -0.39 is 0 Å². The Morgan fingerprint density at radius 2 is 1.56 bits per heavy atom. The van der Waals surface area contributed by atoms with Gasteiger partial charge < -0.3 is 4.42 Å². The van der Waals surface area contributed by atoms with Gasteiger partial charge in [0.05, 0.1) is 0 Å². The lowest BCUT2D eigenvalue weighted by atomic mass is 10.0. The number of rotatable bonds is 0. The average Bonchev–Trinajstić information content (AvgIpc) is 2.54. The fourth-order valence-electron chi connectivity index (χ4n) is 2.39. The van der Waals surface area contributed by atoms with Crippen LogP contribution in [0.4, 0.5) is 0 Å². The molecule has 3 aromatic rings. The molecule has 0 bridgehead atoms. The SMILES string of the molecule is Cc1ccc2c(c1)oc1cc(C)cc(C)c12. The van der Waals surface area contributed by atoms with Gasteiger partial charge >= 0.3 is 0 Å². The van der Waals surface area contributed by atoms with Crippen molar-refractivity contribution in [2.45, 2.75) is 20.8 Å². The summed E-state index contributed by atoms with van der Waals surface area (Å²) in [4.78, 5) is 0. The molecule has 3 rings (SSSR count). The smallest absolute Gasteiger partial charge is 0.135 e. The lowest BCUT2D eigenvalue weighted by Gasteiger charge is -1.98. The van der Waals surface area contributed by atoms with Gasteiger partial charge in [0.25, 0.3) is 0 Å². The van der Waals surface area contributed by atoms with Gasteiger partial charge in [0.1, 0.15) is 11.2 Å². The second-order valence-electron chi connectivity index (χ2n) is 4.56. The maximum Gasteiger partial charge on any atom is 0.135 e. The van der Waals surface area contributed by atoms with E-state index in [4.69, 9.17) is 4.42 Å². The van der Waals surface area contributed by atoms with E-state index >= 15 is 0 Å². The molecule has 0 aliphatic rings. The largest absolute Gasteiger partial charge is 0.456 e. The summed E-state index contributed by atoms with van der Waals surface area (Å²) in [5.41, 5.74) is 5.76. The zero-order chi connectivity index (χ0) is 11.3. The van der Waals surface area contributed by atoms with Gasteiger partial charge in [-0.2, -0.15) is 0 Å². The molecule has 0 saturated heterocycles. The third-order valence-corrected chi connectivity index (χ3v) is 3.07. The second-order valence-corrected chi connectivity index (χ2v) is 4.56. The van der Waals surface area contributed by atoms with Crippen LogP contribution >= 0.6 is 0 Å². The van der Waals surface area contributed by atoms with Gasteiger partial charge in [-0.3, -0.25) is 0 Å². The molecule has 0 unspecified atom stereocenters. The van der Waals surface area contributed by atoms with Crippen molar-refractivity contribution < 1.29 is 4.42 Å². The van der Waals surface area contributed by atoms with Crippen molar-refractivity contribution in [2.75, 3.05) is 0 Å². The van der Waals surface area contributed by atoms with Crippen molar-refractivity contribution in [3.8, 4) is 0 Å². The Morgan fingerprint density at radius 3 is 2.38 bits per heavy atom. The molecular weight excluding hydrogens is 196 g/mol. The lowest BCUT2D eigenvalue weighted by Crippen LogP contribution is -1.77. The minimum absolute atomic E-state index is 0.990. The number of benzene rings is 2. The van der Waals surface area contributed by atoms with E-state index in [0.29, 0.717) is 0 Å². The van der Waals surface area contributed by atoms with Crippen molar-refractivity contribution in [1.82, 2.24) is 0 Å². The summed E-state index contributed by atoms with van der Waals surface area (Å²) < 4.78 is 5.89. The summed E-state index contributed by atoms with van der Waals surface area (Å²) in [5, 5.41) is 2.47. The van der Waals surface area contributed by atoms with Crippen LogP contribution in [0, 0.1) is 20.8 Å². The van der Waals surface area contributed by atoms with Crippen molar-refractivity contribution >= 4 is 21.9 Å². The van der Waals surface area contributed by atoms with E-state index in [1.165, 1.54) is 27.5 Å². The highest BCUT2D eigenvalue weighted by Crippen LogP contribution is 2.32. The minimum Gasteiger partial charge on any atom is -0.456 e. The fourth-order valence-corrected chi connectivity index (χ4v) is 2.39. The monoisotopic (exact) mass is 210 g/mol. The Labute approximate surface area is 94.7 Å². The molecule has 0 N–H and O–H groups in total. The lowest BCUT2D eigenvalue weighted by molar-refractivity contribution is 0.668. The second kappa shape index (κ2) is 3.11. The van der Waals surface area contributed by atoms with E-state index in [2.05, 4.69) is 51.1 Å². The molecule has 1 aromatic heterocycles. The van der Waals surface area contributed by atoms with Crippen molar-refractivity contribution in [2.24, 2.45) is 0 Å². The van der Waals surface area contributed by atoms with Gasteiger partial charge in [-0.15, -0.1) is 0 Å². The molecule has 0 radical (unpaired) electrons. The van der Waals surface area contributed by atoms with Crippen LogP contribution in [0.2, 0.25) is 0 Å². The highest BCUT2D eigenvalue weighted by atomic mass is 16.3. The quantitative estimate of drug-likeness (QED) is 0.532. The number of furan rings is 1. The van der Waals surface area contributed by atoms with Gasteiger partial charge in [0.2, 0.25) is 0 Å². The Bertz CT molecular complexity index is 689. The minimum atomic E-state index is 0.990. The summed E-state index contributed by atoms with van der Waals surface area (Å²) in [6, 6.07) is 10.7. The van der Waals surface area contributed by atoms with Gasteiger partial charge in [-0.25, -0.2) is 0 Å². The average molecular weight is 210 g/mol. The van der Waals surface area contributed by atoms with E-state index in [1.807, 2.05) is 0 Å². The first-order valence-corrected chi connectivity index (χ1v) is 5.55. The normalized spacial score (nSPS) is 11.4. The van der Waals surface area contributed by atoms with E-state index in [-0.39, 0.29) is 0 Å². The van der Waals surface area contributed by atoms with Crippen LogP contribution in [0.1, 0.15) is 16.7 Å². The van der Waals surface area contributed by atoms with Crippen LogP contribution in [0.15, 0.2) is 34.7 Å². The Morgan fingerprint density at radius 1 is 0.812 bits per heavy atom. The predicted molar refractivity (Wildman–Crippen MR) is 67.9 cm³/mol. The van der Waals surface area contributed by atoms with E-state index in [0.717, 1.165) is 11.2 Å². The summed E-state index contributed by atoms with van der Waals surface area (Å²) in [6.07, 6.45) is 0. The predicted octanol–water partition coefficient (Wildman–Crippen LogP) is 4.51. The molecule has 0 aliphatic carbocycles. The van der Waals surface area contributed by atoms with Crippen LogP contribution < -0.4 is 0 Å². The summed E-state index contributed by atoms with van der Waals surface area (Å²) in [6.45, 7) is 6.33. The Balaban J connectivity index is 2.56. The standard InChI is InChI=1S/C15H14O/c1-9-4-5-12-13(7-9)16-14-8-10(2)6-11(3)15(12)14/h4-8H,1-3H3. The summed E-state index contributed by atoms with van der Waals surface area (Å²) in [7, 11) is 0. The van der Waals surface area contributed by atoms with Crippen molar-refractivity contribution in [3.05, 3.63) is 47.0 Å². The third-order valence-electron chi connectivity index (χ3n) is 3.07. The van der Waals surface area contributed by atoms with Crippen LogP contribution in [-0.2, 0) is 0 Å². The van der Waals surface area contributed by atoms with Gasteiger partial charge in [-0.1, -0.05) is 18.2 Å². The molecule has 1 nitrogen and oxygen atoms in total. The molecule has 2 aromatic carbocycles. The zero-order valence-electron chi connectivity index (χ0n) is 9.79. The topological polar surface area (TPSA) is 13.1 Å². The van der Waals surface area contributed by atoms with Crippen LogP contribution in [0.3, 0.4) is 0 Å². The van der Waals surface area contributed by atoms with Gasteiger partial charge in [0.15, 0.2) is 0 Å². The first-order chi connectivity index (χ1) is 7.65. The maximum absolute atomic E-state index is 5.89. The number of hydrogen-bond donors (Lipinski definition) is 0. The maximum atomic E-state index is 5.89. The molecule has 0 aliphatic heterocycles. The summed E-state index contributed by atoms with van der Waals surface area (Å²) in [5.74, 6) is 0. The number of fused-ring (bicyclic) bond motifs is 3. The molecular formula is C15H14O. The fraction of sp³-hybridized carbons (Fsp3) is 0.200. The highest BCUT2D eigenvalue weighted by molar-refractivity contribution is 6.06. The van der Waals surface area contributed by atoms with Crippen LogP contribution in [-0.4, -0.2) is 0 Å². The Hall–Kier alpha value is -1.76. The first-order valence-electron chi connectivity index (χ1n) is 5.55. The van der Waals surface area contributed by atoms with Crippen LogP contribution in [0.25, 0.3) is 21.9 Å². The van der Waals surface area contributed by atoms with Gasteiger partial charge in [-0.05, 0) is 49.6 Å². The molecule has 0 amide bonds. The molecule has 0 saturated carbocycles. The van der Waals surface area contributed by atoms with E-state index in [1.54, 1.807) is 0 Å². The molecule has 1 heterocycles. The van der Waals surface area contributed by atoms with Crippen LogP contribution in [0.5, 0.6) is 0 Å². The molecule has 1 heteroatoms. The zero-order valence-corrected chi connectivity index (χ0v) is 9.79. The molecule has 80 valence electrons. The summed E-state index contributed by atoms with van der Waals surface area (Å²) >= 11 is 0. The molecule has 0 spiro atoms. The first kappa shape index (κ1) is 9.46. The Kier molecular flexibility index (Phi) is 1.84. The van der Waals surface area contributed by atoms with Gasteiger partial charge in [0, 0.05) is 10.8 Å².